The van der Waals surface area contributed by atoms with Crippen molar-refractivity contribution >= 4 is 21.4 Å². The first-order chi connectivity index (χ1) is 13.6. The number of thiazole rings is 1. The van der Waals surface area contributed by atoms with Gasteiger partial charge in [-0.1, -0.05) is 18.2 Å². The van der Waals surface area contributed by atoms with Crippen LogP contribution in [0.3, 0.4) is 0 Å². The second-order valence-electron chi connectivity index (χ2n) is 5.83. The number of sulfonamides is 1. The summed E-state index contributed by atoms with van der Waals surface area (Å²) in [5.74, 6) is 0. The van der Waals surface area contributed by atoms with Crippen LogP contribution in [0.2, 0.25) is 0 Å². The minimum Gasteiger partial charge on any atom is -0.264 e. The molecular formula is C19H15N5O2S2. The van der Waals surface area contributed by atoms with Crippen molar-refractivity contribution < 1.29 is 8.42 Å². The fraction of sp³-hybridized carbons (Fsp3) is 0.0526. The van der Waals surface area contributed by atoms with E-state index in [1.165, 1.54) is 11.3 Å². The van der Waals surface area contributed by atoms with Gasteiger partial charge in [-0.2, -0.15) is 0 Å². The summed E-state index contributed by atoms with van der Waals surface area (Å²) >= 11 is 1.39. The summed E-state index contributed by atoms with van der Waals surface area (Å²) in [6.45, 7) is 0.101. The van der Waals surface area contributed by atoms with E-state index in [0.29, 0.717) is 16.4 Å². The van der Waals surface area contributed by atoms with Crippen LogP contribution in [-0.4, -0.2) is 28.4 Å². The van der Waals surface area contributed by atoms with Gasteiger partial charge in [-0.25, -0.2) is 18.1 Å². The number of aromatic nitrogens is 4. The minimum absolute atomic E-state index is 0.101. The van der Waals surface area contributed by atoms with Crippen molar-refractivity contribution in [3.05, 3.63) is 78.5 Å². The highest BCUT2D eigenvalue weighted by Crippen LogP contribution is 2.22. The number of pyridine rings is 1. The van der Waals surface area contributed by atoms with Crippen LogP contribution >= 0.6 is 11.3 Å². The fourth-order valence-corrected chi connectivity index (χ4v) is 4.31. The molecular weight excluding hydrogens is 394 g/mol. The molecule has 0 saturated carbocycles. The van der Waals surface area contributed by atoms with Crippen molar-refractivity contribution in [2.24, 2.45) is 0 Å². The minimum atomic E-state index is -3.64. The molecule has 0 fully saturated rings. The van der Waals surface area contributed by atoms with E-state index in [9.17, 15) is 8.42 Å². The van der Waals surface area contributed by atoms with Gasteiger partial charge in [0.05, 0.1) is 23.3 Å². The van der Waals surface area contributed by atoms with E-state index < -0.39 is 10.0 Å². The van der Waals surface area contributed by atoms with Crippen LogP contribution in [0, 0.1) is 0 Å². The van der Waals surface area contributed by atoms with Gasteiger partial charge in [-0.15, -0.1) is 11.3 Å². The first-order valence-electron chi connectivity index (χ1n) is 8.33. The molecule has 3 heterocycles. The molecule has 28 heavy (non-hydrogen) atoms. The molecule has 1 aromatic carbocycles. The molecule has 0 bridgehead atoms. The van der Waals surface area contributed by atoms with Gasteiger partial charge in [-0.3, -0.25) is 15.0 Å². The second kappa shape index (κ2) is 7.93. The predicted octanol–water partition coefficient (Wildman–Crippen LogP) is 3.14. The Balaban J connectivity index is 1.45. The summed E-state index contributed by atoms with van der Waals surface area (Å²) in [5, 5.41) is 2.50. The van der Waals surface area contributed by atoms with Gasteiger partial charge in [0, 0.05) is 30.2 Å². The highest BCUT2D eigenvalue weighted by Gasteiger charge is 2.15. The molecule has 4 rings (SSSR count). The molecule has 0 saturated heterocycles. The van der Waals surface area contributed by atoms with E-state index in [2.05, 4.69) is 24.7 Å². The molecule has 4 aromatic rings. The lowest BCUT2D eigenvalue weighted by Gasteiger charge is -2.07. The normalized spacial score (nSPS) is 11.4. The van der Waals surface area contributed by atoms with E-state index in [1.54, 1.807) is 60.6 Å². The zero-order chi connectivity index (χ0) is 19.4. The molecule has 0 amide bonds. The van der Waals surface area contributed by atoms with E-state index in [4.69, 9.17) is 0 Å². The van der Waals surface area contributed by atoms with E-state index in [-0.39, 0.29) is 11.4 Å². The van der Waals surface area contributed by atoms with Gasteiger partial charge >= 0.3 is 0 Å². The monoisotopic (exact) mass is 409 g/mol. The average molecular weight is 409 g/mol. The molecule has 0 atom stereocenters. The maximum absolute atomic E-state index is 12.6. The Morgan fingerprint density at radius 1 is 0.929 bits per heavy atom. The summed E-state index contributed by atoms with van der Waals surface area (Å²) < 4.78 is 27.7. The molecule has 0 aliphatic heterocycles. The molecule has 9 heteroatoms. The highest BCUT2D eigenvalue weighted by atomic mass is 32.2. The molecule has 7 nitrogen and oxygen atoms in total. The van der Waals surface area contributed by atoms with Gasteiger partial charge in [0.15, 0.2) is 0 Å². The molecule has 0 radical (unpaired) electrons. The third kappa shape index (κ3) is 4.11. The van der Waals surface area contributed by atoms with Crippen LogP contribution in [-0.2, 0) is 16.6 Å². The first-order valence-corrected chi connectivity index (χ1v) is 10.7. The molecule has 0 unspecified atom stereocenters. The fourth-order valence-electron chi connectivity index (χ4n) is 2.53. The Bertz CT molecular complexity index is 1160. The molecule has 1 N–H and O–H groups in total. The van der Waals surface area contributed by atoms with Crippen LogP contribution in [0.5, 0.6) is 0 Å². The number of nitrogens with one attached hydrogen (secondary N) is 1. The van der Waals surface area contributed by atoms with Gasteiger partial charge < -0.3 is 0 Å². The number of hydrogen-bond acceptors (Lipinski definition) is 7. The number of rotatable bonds is 6. The Kier molecular flexibility index (Phi) is 5.20. The van der Waals surface area contributed by atoms with Gasteiger partial charge in [0.2, 0.25) is 10.0 Å². The van der Waals surface area contributed by atoms with E-state index in [1.807, 2.05) is 12.1 Å². The van der Waals surface area contributed by atoms with E-state index in [0.717, 1.165) is 11.1 Å². The third-order valence-electron chi connectivity index (χ3n) is 3.94. The number of benzene rings is 1. The maximum atomic E-state index is 12.6. The van der Waals surface area contributed by atoms with Crippen molar-refractivity contribution in [3.8, 4) is 21.8 Å². The second-order valence-corrected chi connectivity index (χ2v) is 8.45. The number of nitrogens with zero attached hydrogens (tertiary/aromatic N) is 4. The zero-order valence-electron chi connectivity index (χ0n) is 14.6. The lowest BCUT2D eigenvalue weighted by Crippen LogP contribution is -2.23. The lowest BCUT2D eigenvalue weighted by atomic mass is 10.1. The molecule has 140 valence electrons. The molecule has 0 aliphatic carbocycles. The quantitative estimate of drug-likeness (QED) is 0.525. The maximum Gasteiger partial charge on any atom is 0.240 e. The summed E-state index contributed by atoms with van der Waals surface area (Å²) in [6, 6.07) is 10.4. The van der Waals surface area contributed by atoms with E-state index >= 15 is 0 Å². The Morgan fingerprint density at radius 2 is 1.75 bits per heavy atom. The third-order valence-corrected chi connectivity index (χ3v) is 6.27. The summed E-state index contributed by atoms with van der Waals surface area (Å²) in [7, 11) is -3.64. The number of hydrogen-bond donors (Lipinski definition) is 1. The largest absolute Gasteiger partial charge is 0.264 e. The van der Waals surface area contributed by atoms with Crippen molar-refractivity contribution in [1.82, 2.24) is 24.7 Å². The van der Waals surface area contributed by atoms with Crippen LogP contribution in [0.25, 0.3) is 21.8 Å². The van der Waals surface area contributed by atoms with Crippen molar-refractivity contribution in [2.75, 3.05) is 0 Å². The Labute approximate surface area is 166 Å². The smallest absolute Gasteiger partial charge is 0.240 e. The summed E-state index contributed by atoms with van der Waals surface area (Å²) in [6.07, 6.45) is 8.23. The first kappa shape index (κ1) is 18.4. The Hall–Kier alpha value is -3.01. The van der Waals surface area contributed by atoms with Crippen molar-refractivity contribution in [3.63, 3.8) is 0 Å². The molecule has 3 aromatic heterocycles. The van der Waals surface area contributed by atoms with Crippen LogP contribution in [0.4, 0.5) is 0 Å². The zero-order valence-corrected chi connectivity index (χ0v) is 16.2. The van der Waals surface area contributed by atoms with Gasteiger partial charge in [0.25, 0.3) is 0 Å². The SMILES string of the molecule is O=S(=O)(NCc1csc(-c2cnccn2)n1)c1ccc(-c2cccnc2)cc1. The summed E-state index contributed by atoms with van der Waals surface area (Å²) in [4.78, 5) is 16.9. The lowest BCUT2D eigenvalue weighted by molar-refractivity contribution is 0.580. The van der Waals surface area contributed by atoms with Crippen LogP contribution in [0.15, 0.2) is 77.7 Å². The average Bonchev–Trinajstić information content (AvgIpc) is 3.23. The summed E-state index contributed by atoms with van der Waals surface area (Å²) in [5.41, 5.74) is 3.12. The topological polar surface area (TPSA) is 97.7 Å². The Morgan fingerprint density at radius 3 is 2.46 bits per heavy atom. The highest BCUT2D eigenvalue weighted by molar-refractivity contribution is 7.89. The van der Waals surface area contributed by atoms with Crippen molar-refractivity contribution in [1.29, 1.82) is 0 Å². The molecule has 0 spiro atoms. The van der Waals surface area contributed by atoms with Crippen LogP contribution < -0.4 is 4.72 Å². The van der Waals surface area contributed by atoms with Crippen molar-refractivity contribution in [2.45, 2.75) is 11.4 Å². The standard InChI is InChI=1S/C19H15N5O2S2/c25-28(26,17-5-3-14(4-6-17)15-2-1-7-20-10-15)23-11-16-13-27-19(24-16)18-12-21-8-9-22-18/h1-10,12-13,23H,11H2. The van der Waals surface area contributed by atoms with Crippen LogP contribution in [0.1, 0.15) is 5.69 Å². The van der Waals surface area contributed by atoms with Gasteiger partial charge in [-0.05, 0) is 29.3 Å². The van der Waals surface area contributed by atoms with Gasteiger partial charge in [0.1, 0.15) is 10.7 Å². The predicted molar refractivity (Wildman–Crippen MR) is 107 cm³/mol. The molecule has 0 aliphatic rings.